The van der Waals surface area contributed by atoms with Gasteiger partial charge in [0.1, 0.15) is 0 Å². The third-order valence-corrected chi connectivity index (χ3v) is 2.08. The van der Waals surface area contributed by atoms with E-state index in [4.69, 9.17) is 10.5 Å². The Hall–Kier alpha value is -1.42. The van der Waals surface area contributed by atoms with E-state index in [1.54, 1.807) is 13.0 Å². The van der Waals surface area contributed by atoms with Gasteiger partial charge in [-0.25, -0.2) is 4.39 Å². The van der Waals surface area contributed by atoms with E-state index in [0.717, 1.165) is 5.56 Å². The van der Waals surface area contributed by atoms with E-state index < -0.39 is 5.82 Å². The summed E-state index contributed by atoms with van der Waals surface area (Å²) in [5, 5.41) is 0. The van der Waals surface area contributed by atoms with Gasteiger partial charge < -0.3 is 10.5 Å². The van der Waals surface area contributed by atoms with Crippen molar-refractivity contribution >= 4 is 5.78 Å². The number of methoxy groups -OCH3 is 1. The summed E-state index contributed by atoms with van der Waals surface area (Å²) in [6, 6.07) is 3.06. The molecule has 0 atom stereocenters. The van der Waals surface area contributed by atoms with E-state index in [1.165, 1.54) is 13.2 Å². The van der Waals surface area contributed by atoms with Gasteiger partial charge in [0.15, 0.2) is 17.3 Å². The molecule has 0 unspecified atom stereocenters. The summed E-state index contributed by atoms with van der Waals surface area (Å²) in [4.78, 5) is 11.5. The second-order valence-electron chi connectivity index (χ2n) is 3.29. The lowest BCUT2D eigenvalue weighted by Gasteiger charge is -2.08. The Kier molecular flexibility index (Phi) is 3.80. The van der Waals surface area contributed by atoms with Crippen molar-refractivity contribution in [3.63, 3.8) is 0 Å². The molecule has 0 aliphatic carbocycles. The molecule has 15 heavy (non-hydrogen) atoms. The molecule has 0 heterocycles. The first-order valence-corrected chi connectivity index (χ1v) is 4.67. The fourth-order valence-corrected chi connectivity index (χ4v) is 1.35. The van der Waals surface area contributed by atoms with E-state index in [-0.39, 0.29) is 30.1 Å². The number of hydrogen-bond acceptors (Lipinski definition) is 3. The number of hydrogen-bond donors (Lipinski definition) is 1. The van der Waals surface area contributed by atoms with Crippen molar-refractivity contribution in [2.45, 2.75) is 13.3 Å². The SMILES string of the molecule is COc1cc(C)cc(C(=O)CCN)c1F. The lowest BCUT2D eigenvalue weighted by atomic mass is 10.0. The van der Waals surface area contributed by atoms with Gasteiger partial charge in [0, 0.05) is 6.42 Å². The molecule has 82 valence electrons. The molecule has 0 radical (unpaired) electrons. The number of nitrogens with two attached hydrogens (primary N) is 1. The standard InChI is InChI=1S/C11H14FNO2/c1-7-5-8(9(14)3-4-13)11(12)10(6-7)15-2/h5-6H,3-4,13H2,1-2H3. The number of carbonyl (C=O) groups excluding carboxylic acids is 1. The Morgan fingerprint density at radius 3 is 2.73 bits per heavy atom. The molecule has 0 aromatic heterocycles. The van der Waals surface area contributed by atoms with Crippen LogP contribution in [0.15, 0.2) is 12.1 Å². The molecule has 1 aromatic rings. The number of carbonyl (C=O) groups is 1. The molecule has 0 aliphatic rings. The zero-order chi connectivity index (χ0) is 11.4. The third-order valence-electron chi connectivity index (χ3n) is 2.08. The zero-order valence-corrected chi connectivity index (χ0v) is 8.84. The van der Waals surface area contributed by atoms with Gasteiger partial charge in [0.05, 0.1) is 12.7 Å². The van der Waals surface area contributed by atoms with Gasteiger partial charge in [-0.15, -0.1) is 0 Å². The zero-order valence-electron chi connectivity index (χ0n) is 8.84. The molecule has 1 aromatic carbocycles. The summed E-state index contributed by atoms with van der Waals surface area (Å²) in [6.45, 7) is 2.00. The first kappa shape index (κ1) is 11.7. The van der Waals surface area contributed by atoms with Crippen LogP contribution in [-0.2, 0) is 0 Å². The van der Waals surface area contributed by atoms with Crippen LogP contribution in [0.1, 0.15) is 22.3 Å². The lowest BCUT2D eigenvalue weighted by Crippen LogP contribution is -2.10. The molecule has 0 bridgehead atoms. The maximum atomic E-state index is 13.6. The van der Waals surface area contributed by atoms with Crippen LogP contribution in [-0.4, -0.2) is 19.4 Å². The third kappa shape index (κ3) is 2.53. The van der Waals surface area contributed by atoms with Gasteiger partial charge in [-0.1, -0.05) is 0 Å². The monoisotopic (exact) mass is 211 g/mol. The van der Waals surface area contributed by atoms with Crippen molar-refractivity contribution in [3.05, 3.63) is 29.1 Å². The van der Waals surface area contributed by atoms with Gasteiger partial charge in [0.2, 0.25) is 0 Å². The van der Waals surface area contributed by atoms with Crippen molar-refractivity contribution in [2.75, 3.05) is 13.7 Å². The van der Waals surface area contributed by atoms with Crippen LogP contribution in [0.5, 0.6) is 5.75 Å². The van der Waals surface area contributed by atoms with Crippen LogP contribution >= 0.6 is 0 Å². The highest BCUT2D eigenvalue weighted by atomic mass is 19.1. The molecule has 3 nitrogen and oxygen atoms in total. The average Bonchev–Trinajstić information content (AvgIpc) is 2.21. The normalized spacial score (nSPS) is 10.1. The second-order valence-corrected chi connectivity index (χ2v) is 3.29. The summed E-state index contributed by atoms with van der Waals surface area (Å²) >= 11 is 0. The number of aryl methyl sites for hydroxylation is 1. The van der Waals surface area contributed by atoms with E-state index in [2.05, 4.69) is 0 Å². The lowest BCUT2D eigenvalue weighted by molar-refractivity contribution is 0.0980. The molecule has 0 saturated carbocycles. The summed E-state index contributed by atoms with van der Waals surface area (Å²) < 4.78 is 18.5. The molecule has 2 N–H and O–H groups in total. The highest BCUT2D eigenvalue weighted by molar-refractivity contribution is 5.97. The average molecular weight is 211 g/mol. The molecular formula is C11H14FNO2. The van der Waals surface area contributed by atoms with Crippen LogP contribution in [0.3, 0.4) is 0 Å². The van der Waals surface area contributed by atoms with E-state index >= 15 is 0 Å². The molecule has 0 saturated heterocycles. The molecule has 0 amide bonds. The van der Waals surface area contributed by atoms with Crippen LogP contribution in [0.2, 0.25) is 0 Å². The second kappa shape index (κ2) is 4.89. The Balaban J connectivity index is 3.17. The highest BCUT2D eigenvalue weighted by Gasteiger charge is 2.15. The van der Waals surface area contributed by atoms with E-state index in [0.29, 0.717) is 0 Å². The van der Waals surface area contributed by atoms with E-state index in [1.807, 2.05) is 0 Å². The minimum absolute atomic E-state index is 0.0531. The van der Waals surface area contributed by atoms with Crippen molar-refractivity contribution in [3.8, 4) is 5.75 Å². The molecule has 0 aliphatic heterocycles. The fourth-order valence-electron chi connectivity index (χ4n) is 1.35. The molecular weight excluding hydrogens is 197 g/mol. The number of rotatable bonds is 4. The summed E-state index contributed by atoms with van der Waals surface area (Å²) in [5.74, 6) is -0.811. The molecule has 0 spiro atoms. The maximum absolute atomic E-state index is 13.6. The number of benzene rings is 1. The first-order chi connectivity index (χ1) is 7.10. The number of ether oxygens (including phenoxy) is 1. The van der Waals surface area contributed by atoms with Gasteiger partial charge >= 0.3 is 0 Å². The summed E-state index contributed by atoms with van der Waals surface area (Å²) in [7, 11) is 1.37. The van der Waals surface area contributed by atoms with Crippen molar-refractivity contribution in [1.29, 1.82) is 0 Å². The molecule has 0 fully saturated rings. The van der Waals surface area contributed by atoms with Crippen molar-refractivity contribution < 1.29 is 13.9 Å². The first-order valence-electron chi connectivity index (χ1n) is 4.67. The number of Topliss-reactive ketones (excluding diaryl/α,β-unsaturated/α-hetero) is 1. The van der Waals surface area contributed by atoms with Crippen LogP contribution in [0.4, 0.5) is 4.39 Å². The van der Waals surface area contributed by atoms with Crippen LogP contribution in [0.25, 0.3) is 0 Å². The smallest absolute Gasteiger partial charge is 0.175 e. The van der Waals surface area contributed by atoms with Crippen molar-refractivity contribution in [1.82, 2.24) is 0 Å². The molecule has 1 rings (SSSR count). The largest absolute Gasteiger partial charge is 0.494 e. The van der Waals surface area contributed by atoms with Crippen LogP contribution < -0.4 is 10.5 Å². The van der Waals surface area contributed by atoms with Gasteiger partial charge in [-0.05, 0) is 31.2 Å². The quantitative estimate of drug-likeness (QED) is 0.771. The Labute approximate surface area is 88.0 Å². The Bertz CT molecular complexity index is 377. The van der Waals surface area contributed by atoms with E-state index in [9.17, 15) is 9.18 Å². The topological polar surface area (TPSA) is 52.3 Å². The van der Waals surface area contributed by atoms with Gasteiger partial charge in [-0.2, -0.15) is 0 Å². The van der Waals surface area contributed by atoms with Crippen molar-refractivity contribution in [2.24, 2.45) is 5.73 Å². The summed E-state index contributed by atoms with van der Waals surface area (Å²) in [6.07, 6.45) is 0.142. The minimum atomic E-state index is -0.610. The fraction of sp³-hybridized carbons (Fsp3) is 0.364. The van der Waals surface area contributed by atoms with Gasteiger partial charge in [0.25, 0.3) is 0 Å². The Morgan fingerprint density at radius 2 is 2.20 bits per heavy atom. The predicted molar refractivity (Wildman–Crippen MR) is 55.7 cm³/mol. The number of ketones is 1. The molecule has 4 heteroatoms. The number of halogens is 1. The Morgan fingerprint density at radius 1 is 1.53 bits per heavy atom. The minimum Gasteiger partial charge on any atom is -0.494 e. The maximum Gasteiger partial charge on any atom is 0.175 e. The predicted octanol–water partition coefficient (Wildman–Crippen LogP) is 1.67. The van der Waals surface area contributed by atoms with Gasteiger partial charge in [-0.3, -0.25) is 4.79 Å². The summed E-state index contributed by atoms with van der Waals surface area (Å²) in [5.41, 5.74) is 6.09. The van der Waals surface area contributed by atoms with Crippen LogP contribution in [0, 0.1) is 12.7 Å². The highest BCUT2D eigenvalue weighted by Crippen LogP contribution is 2.23.